The molecule has 1 fully saturated rings. The number of hydrogen-bond acceptors (Lipinski definition) is 5. The molecular weight excluding hydrogens is 230 g/mol. The Hall–Kier alpha value is -1.46. The van der Waals surface area contributed by atoms with E-state index in [1.54, 1.807) is 25.6 Å². The zero-order valence-corrected chi connectivity index (χ0v) is 10.6. The molecule has 2 heterocycles. The number of ketones is 1. The molecule has 2 N–H and O–H groups in total. The second-order valence-corrected chi connectivity index (χ2v) is 4.65. The number of ether oxygens (including phenoxy) is 1. The van der Waals surface area contributed by atoms with Gasteiger partial charge in [-0.25, -0.2) is 0 Å². The number of pyridine rings is 1. The van der Waals surface area contributed by atoms with E-state index in [1.165, 1.54) is 0 Å². The van der Waals surface area contributed by atoms with Gasteiger partial charge < -0.3 is 10.5 Å². The number of piperidine rings is 1. The molecule has 0 aromatic carbocycles. The summed E-state index contributed by atoms with van der Waals surface area (Å²) >= 11 is 0. The van der Waals surface area contributed by atoms with Crippen LogP contribution in [0, 0.1) is 0 Å². The minimum Gasteiger partial charge on any atom is -0.495 e. The number of nitrogens with two attached hydrogens (primary N) is 1. The van der Waals surface area contributed by atoms with Crippen molar-refractivity contribution in [3.8, 4) is 5.75 Å². The zero-order chi connectivity index (χ0) is 13.0. The molecule has 98 valence electrons. The highest BCUT2D eigenvalue weighted by atomic mass is 16.5. The Morgan fingerprint density at radius 2 is 2.22 bits per heavy atom. The summed E-state index contributed by atoms with van der Waals surface area (Å²) in [5.41, 5.74) is 6.44. The van der Waals surface area contributed by atoms with Crippen LogP contribution in [0.15, 0.2) is 18.5 Å². The van der Waals surface area contributed by atoms with Crippen molar-refractivity contribution in [2.75, 3.05) is 26.7 Å². The van der Waals surface area contributed by atoms with Crippen molar-refractivity contribution >= 4 is 5.78 Å². The summed E-state index contributed by atoms with van der Waals surface area (Å²) in [6, 6.07) is 2.01. The molecule has 1 aliphatic heterocycles. The van der Waals surface area contributed by atoms with E-state index < -0.39 is 0 Å². The SMILES string of the molecule is COc1cncc(C(=O)CN2CCC(N)CC2)c1. The van der Waals surface area contributed by atoms with Crippen LogP contribution < -0.4 is 10.5 Å². The number of carbonyl (C=O) groups is 1. The standard InChI is InChI=1S/C13H19N3O2/c1-18-12-6-10(7-15-8-12)13(17)9-16-4-2-11(14)3-5-16/h6-8,11H,2-5,9,14H2,1H3. The van der Waals surface area contributed by atoms with Gasteiger partial charge in [-0.1, -0.05) is 0 Å². The summed E-state index contributed by atoms with van der Waals surface area (Å²) in [6.07, 6.45) is 5.10. The highest BCUT2D eigenvalue weighted by Crippen LogP contribution is 2.13. The van der Waals surface area contributed by atoms with E-state index >= 15 is 0 Å². The average molecular weight is 249 g/mol. The lowest BCUT2D eigenvalue weighted by atomic mass is 10.1. The van der Waals surface area contributed by atoms with Crippen LogP contribution in [0.3, 0.4) is 0 Å². The topological polar surface area (TPSA) is 68.5 Å². The molecule has 0 radical (unpaired) electrons. The van der Waals surface area contributed by atoms with Crippen LogP contribution in [-0.2, 0) is 0 Å². The van der Waals surface area contributed by atoms with Crippen LogP contribution in [-0.4, -0.2) is 48.5 Å². The van der Waals surface area contributed by atoms with Crippen molar-refractivity contribution < 1.29 is 9.53 Å². The van der Waals surface area contributed by atoms with Gasteiger partial charge in [0.25, 0.3) is 0 Å². The molecule has 0 amide bonds. The normalized spacial score (nSPS) is 17.7. The third-order valence-corrected chi connectivity index (χ3v) is 3.27. The summed E-state index contributed by atoms with van der Waals surface area (Å²) in [6.45, 7) is 2.22. The van der Waals surface area contributed by atoms with Crippen molar-refractivity contribution in [3.63, 3.8) is 0 Å². The third-order valence-electron chi connectivity index (χ3n) is 3.27. The third kappa shape index (κ3) is 3.27. The molecule has 0 bridgehead atoms. The van der Waals surface area contributed by atoms with Gasteiger partial charge in [-0.2, -0.15) is 0 Å². The number of hydrogen-bond donors (Lipinski definition) is 1. The monoisotopic (exact) mass is 249 g/mol. The van der Waals surface area contributed by atoms with Crippen LogP contribution >= 0.6 is 0 Å². The molecule has 1 aromatic rings. The molecule has 0 saturated carbocycles. The second kappa shape index (κ2) is 5.93. The van der Waals surface area contributed by atoms with Crippen molar-refractivity contribution in [1.29, 1.82) is 0 Å². The predicted octanol–water partition coefficient (Wildman–Crippen LogP) is 0.696. The van der Waals surface area contributed by atoms with Gasteiger partial charge in [-0.3, -0.25) is 14.7 Å². The van der Waals surface area contributed by atoms with Crippen molar-refractivity contribution in [3.05, 3.63) is 24.0 Å². The number of carbonyl (C=O) groups excluding carboxylic acids is 1. The van der Waals surface area contributed by atoms with Crippen molar-refractivity contribution in [2.45, 2.75) is 18.9 Å². The highest BCUT2D eigenvalue weighted by Gasteiger charge is 2.19. The Balaban J connectivity index is 1.94. The Kier molecular flexibility index (Phi) is 4.28. The van der Waals surface area contributed by atoms with Gasteiger partial charge in [0.1, 0.15) is 5.75 Å². The number of Topliss-reactive ketones (excluding diaryl/α,β-unsaturated/α-hetero) is 1. The highest BCUT2D eigenvalue weighted by molar-refractivity contribution is 5.97. The summed E-state index contributed by atoms with van der Waals surface area (Å²) in [5.74, 6) is 0.693. The maximum absolute atomic E-state index is 12.1. The van der Waals surface area contributed by atoms with Gasteiger partial charge in [0.05, 0.1) is 19.9 Å². The van der Waals surface area contributed by atoms with Gasteiger partial charge in [0.2, 0.25) is 0 Å². The fourth-order valence-electron chi connectivity index (χ4n) is 2.09. The fourth-order valence-corrected chi connectivity index (χ4v) is 2.09. The van der Waals surface area contributed by atoms with E-state index in [9.17, 15) is 4.79 Å². The average Bonchev–Trinajstić information content (AvgIpc) is 2.41. The summed E-state index contributed by atoms with van der Waals surface area (Å²) < 4.78 is 5.06. The lowest BCUT2D eigenvalue weighted by molar-refractivity contribution is 0.0909. The Morgan fingerprint density at radius 1 is 1.50 bits per heavy atom. The minimum absolute atomic E-state index is 0.0804. The second-order valence-electron chi connectivity index (χ2n) is 4.65. The van der Waals surface area contributed by atoms with Crippen LogP contribution in [0.2, 0.25) is 0 Å². The molecule has 0 spiro atoms. The first-order valence-corrected chi connectivity index (χ1v) is 6.19. The lowest BCUT2D eigenvalue weighted by Gasteiger charge is -2.29. The van der Waals surface area contributed by atoms with E-state index in [4.69, 9.17) is 10.5 Å². The number of aromatic nitrogens is 1. The first-order chi connectivity index (χ1) is 8.69. The molecule has 18 heavy (non-hydrogen) atoms. The van der Waals surface area contributed by atoms with E-state index in [2.05, 4.69) is 9.88 Å². The molecule has 0 unspecified atom stereocenters. The van der Waals surface area contributed by atoms with Gasteiger partial charge >= 0.3 is 0 Å². The van der Waals surface area contributed by atoms with E-state index in [0.29, 0.717) is 17.9 Å². The first kappa shape index (κ1) is 13.0. The van der Waals surface area contributed by atoms with E-state index in [0.717, 1.165) is 25.9 Å². The zero-order valence-electron chi connectivity index (χ0n) is 10.6. The quantitative estimate of drug-likeness (QED) is 0.795. The maximum atomic E-state index is 12.1. The summed E-state index contributed by atoms with van der Waals surface area (Å²) in [5, 5.41) is 0. The fraction of sp³-hybridized carbons (Fsp3) is 0.538. The van der Waals surface area contributed by atoms with Crippen LogP contribution in [0.25, 0.3) is 0 Å². The van der Waals surface area contributed by atoms with Gasteiger partial charge in [0.15, 0.2) is 5.78 Å². The Labute approximate surface area is 107 Å². The van der Waals surface area contributed by atoms with Crippen LogP contribution in [0.5, 0.6) is 5.75 Å². The minimum atomic E-state index is 0.0804. The van der Waals surface area contributed by atoms with Crippen molar-refractivity contribution in [1.82, 2.24) is 9.88 Å². The van der Waals surface area contributed by atoms with Gasteiger partial charge in [0, 0.05) is 30.9 Å². The summed E-state index contributed by atoms with van der Waals surface area (Å²) in [4.78, 5) is 18.2. The molecule has 5 nitrogen and oxygen atoms in total. The smallest absolute Gasteiger partial charge is 0.178 e. The first-order valence-electron chi connectivity index (χ1n) is 6.19. The van der Waals surface area contributed by atoms with E-state index in [-0.39, 0.29) is 11.8 Å². The molecule has 2 rings (SSSR count). The summed E-state index contributed by atoms with van der Waals surface area (Å²) in [7, 11) is 1.57. The molecule has 1 aromatic heterocycles. The van der Waals surface area contributed by atoms with Crippen LogP contribution in [0.1, 0.15) is 23.2 Å². The molecule has 0 aliphatic carbocycles. The predicted molar refractivity (Wildman–Crippen MR) is 68.8 cm³/mol. The molecular formula is C13H19N3O2. The molecule has 1 saturated heterocycles. The molecule has 1 aliphatic rings. The Morgan fingerprint density at radius 3 is 2.89 bits per heavy atom. The largest absolute Gasteiger partial charge is 0.495 e. The molecule has 0 atom stereocenters. The lowest BCUT2D eigenvalue weighted by Crippen LogP contribution is -2.41. The number of nitrogens with zero attached hydrogens (tertiary/aromatic N) is 2. The van der Waals surface area contributed by atoms with Crippen molar-refractivity contribution in [2.24, 2.45) is 5.73 Å². The number of methoxy groups -OCH3 is 1. The number of likely N-dealkylation sites (tertiary alicyclic amines) is 1. The van der Waals surface area contributed by atoms with Gasteiger partial charge in [-0.05, 0) is 18.9 Å². The Bertz CT molecular complexity index is 414. The number of rotatable bonds is 4. The maximum Gasteiger partial charge on any atom is 0.178 e. The van der Waals surface area contributed by atoms with E-state index in [1.807, 2.05) is 0 Å². The van der Waals surface area contributed by atoms with Crippen LogP contribution in [0.4, 0.5) is 0 Å². The van der Waals surface area contributed by atoms with Gasteiger partial charge in [-0.15, -0.1) is 0 Å². The molecule has 5 heteroatoms.